The predicted octanol–water partition coefficient (Wildman–Crippen LogP) is 19.0. The Morgan fingerprint density at radius 3 is 1.26 bits per heavy atom. The molecule has 0 bridgehead atoms. The van der Waals surface area contributed by atoms with E-state index in [9.17, 15) is 0 Å². The molecular formula is C65H46N2O2. The summed E-state index contributed by atoms with van der Waals surface area (Å²) in [6, 6.07) is 80.6. The predicted molar refractivity (Wildman–Crippen MR) is 290 cm³/mol. The van der Waals surface area contributed by atoms with Crippen LogP contribution < -0.4 is 9.80 Å². The van der Waals surface area contributed by atoms with Crippen LogP contribution in [0.4, 0.5) is 34.1 Å². The molecule has 69 heavy (non-hydrogen) atoms. The SMILES string of the molecule is Cc1ccccc1N(c1ccc2cc3c(cc2c1)oc1c3cc(C)c2c3cc4ccc(N(c5ccccc5C)c5ccccc5-c5ccccc5)cc4cc3oc12)c1ccccc1-c1ccccc1. The van der Waals surface area contributed by atoms with E-state index in [4.69, 9.17) is 8.83 Å². The van der Waals surface area contributed by atoms with Gasteiger partial charge in [0.2, 0.25) is 0 Å². The summed E-state index contributed by atoms with van der Waals surface area (Å²) in [6.45, 7) is 6.55. The van der Waals surface area contributed by atoms with Gasteiger partial charge in [0.1, 0.15) is 11.2 Å². The van der Waals surface area contributed by atoms with E-state index in [1.54, 1.807) is 0 Å². The van der Waals surface area contributed by atoms with Gasteiger partial charge in [0.25, 0.3) is 0 Å². The first-order valence-corrected chi connectivity index (χ1v) is 23.7. The van der Waals surface area contributed by atoms with Crippen molar-refractivity contribution in [1.29, 1.82) is 0 Å². The first kappa shape index (κ1) is 40.4. The summed E-state index contributed by atoms with van der Waals surface area (Å²) >= 11 is 0. The maximum Gasteiger partial charge on any atom is 0.178 e. The largest absolute Gasteiger partial charge is 0.452 e. The number of hydrogen-bond acceptors (Lipinski definition) is 4. The van der Waals surface area contributed by atoms with Crippen LogP contribution in [0, 0.1) is 20.8 Å². The summed E-state index contributed by atoms with van der Waals surface area (Å²) in [5.41, 5.74) is 18.1. The highest BCUT2D eigenvalue weighted by molar-refractivity contribution is 6.22. The number of para-hydroxylation sites is 4. The van der Waals surface area contributed by atoms with Crippen molar-refractivity contribution in [2.24, 2.45) is 0 Å². The molecule has 2 heterocycles. The molecule has 2 aromatic heterocycles. The van der Waals surface area contributed by atoms with Crippen molar-refractivity contribution in [3.05, 3.63) is 241 Å². The number of rotatable bonds is 8. The fraction of sp³-hybridized carbons (Fsp3) is 0.0462. The van der Waals surface area contributed by atoms with Gasteiger partial charge in [0.05, 0.1) is 11.4 Å². The lowest BCUT2D eigenvalue weighted by Gasteiger charge is -2.29. The minimum absolute atomic E-state index is 0.767. The Morgan fingerprint density at radius 2 is 0.739 bits per heavy atom. The van der Waals surface area contributed by atoms with Crippen molar-refractivity contribution in [3.63, 3.8) is 0 Å². The van der Waals surface area contributed by atoms with Crippen LogP contribution in [0.2, 0.25) is 0 Å². The zero-order chi connectivity index (χ0) is 46.2. The van der Waals surface area contributed by atoms with Gasteiger partial charge >= 0.3 is 0 Å². The molecule has 0 aliphatic heterocycles. The van der Waals surface area contributed by atoms with Crippen molar-refractivity contribution in [1.82, 2.24) is 0 Å². The lowest BCUT2D eigenvalue weighted by Crippen LogP contribution is -2.12. The van der Waals surface area contributed by atoms with Crippen molar-refractivity contribution >= 4 is 99.5 Å². The normalized spacial score (nSPS) is 11.7. The van der Waals surface area contributed by atoms with E-state index in [1.807, 2.05) is 0 Å². The molecule has 0 fully saturated rings. The Hall–Kier alpha value is -8.86. The second kappa shape index (κ2) is 16.2. The van der Waals surface area contributed by atoms with Gasteiger partial charge in [-0.1, -0.05) is 146 Å². The van der Waals surface area contributed by atoms with E-state index in [0.717, 1.165) is 105 Å². The Balaban J connectivity index is 0.945. The Kier molecular flexibility index (Phi) is 9.48. The van der Waals surface area contributed by atoms with E-state index >= 15 is 0 Å². The average Bonchev–Trinajstić information content (AvgIpc) is 3.95. The molecule has 0 saturated heterocycles. The summed E-state index contributed by atoms with van der Waals surface area (Å²) in [6.07, 6.45) is 0. The quantitative estimate of drug-likeness (QED) is 0.152. The number of nitrogens with zero attached hydrogens (tertiary/aromatic N) is 2. The molecule has 0 N–H and O–H groups in total. The van der Waals surface area contributed by atoms with Crippen molar-refractivity contribution in [3.8, 4) is 22.3 Å². The molecule has 0 atom stereocenters. The summed E-state index contributed by atoms with van der Waals surface area (Å²) in [5, 5.41) is 8.77. The van der Waals surface area contributed by atoms with E-state index < -0.39 is 0 Å². The van der Waals surface area contributed by atoms with E-state index in [-0.39, 0.29) is 0 Å². The molecule has 0 unspecified atom stereocenters. The van der Waals surface area contributed by atoms with Crippen LogP contribution in [-0.2, 0) is 0 Å². The third kappa shape index (κ3) is 6.75. The summed E-state index contributed by atoms with van der Waals surface area (Å²) in [7, 11) is 0. The smallest absolute Gasteiger partial charge is 0.178 e. The van der Waals surface area contributed by atoms with Gasteiger partial charge in [-0.3, -0.25) is 0 Å². The second-order valence-electron chi connectivity index (χ2n) is 18.2. The van der Waals surface area contributed by atoms with E-state index in [1.165, 1.54) is 33.4 Å². The first-order chi connectivity index (χ1) is 33.9. The Bertz CT molecular complexity index is 4130. The molecule has 4 nitrogen and oxygen atoms in total. The molecule has 328 valence electrons. The molecule has 0 aliphatic carbocycles. The highest BCUT2D eigenvalue weighted by Crippen LogP contribution is 2.47. The van der Waals surface area contributed by atoms with Gasteiger partial charge in [-0.25, -0.2) is 0 Å². The molecule has 13 rings (SSSR count). The summed E-state index contributed by atoms with van der Waals surface area (Å²) in [5.74, 6) is 0. The molecule has 0 spiro atoms. The van der Waals surface area contributed by atoms with Gasteiger partial charge in [-0.15, -0.1) is 0 Å². The molecule has 11 aromatic carbocycles. The number of anilines is 6. The zero-order valence-electron chi connectivity index (χ0n) is 38.6. The molecule has 13 aromatic rings. The fourth-order valence-electron chi connectivity index (χ4n) is 10.6. The van der Waals surface area contributed by atoms with Crippen LogP contribution >= 0.6 is 0 Å². The van der Waals surface area contributed by atoms with Crippen molar-refractivity contribution in [2.45, 2.75) is 20.8 Å². The molecule has 4 heteroatoms. The van der Waals surface area contributed by atoms with Gasteiger partial charge in [-0.05, 0) is 149 Å². The van der Waals surface area contributed by atoms with Gasteiger partial charge in [0, 0.05) is 55.4 Å². The highest BCUT2D eigenvalue weighted by atomic mass is 16.4. The summed E-state index contributed by atoms with van der Waals surface area (Å²) < 4.78 is 13.9. The monoisotopic (exact) mass is 886 g/mol. The van der Waals surface area contributed by atoms with Crippen LogP contribution in [0.5, 0.6) is 0 Å². The van der Waals surface area contributed by atoms with Crippen LogP contribution in [0.1, 0.15) is 16.7 Å². The van der Waals surface area contributed by atoms with Gasteiger partial charge < -0.3 is 18.6 Å². The molecule has 0 saturated carbocycles. The van der Waals surface area contributed by atoms with Crippen LogP contribution in [0.25, 0.3) is 87.7 Å². The van der Waals surface area contributed by atoms with E-state index in [0.29, 0.717) is 0 Å². The van der Waals surface area contributed by atoms with Gasteiger partial charge in [-0.2, -0.15) is 0 Å². The molecule has 0 radical (unpaired) electrons. The topological polar surface area (TPSA) is 32.8 Å². The second-order valence-corrected chi connectivity index (χ2v) is 18.2. The molecular weight excluding hydrogens is 841 g/mol. The van der Waals surface area contributed by atoms with E-state index in [2.05, 4.69) is 255 Å². The maximum absolute atomic E-state index is 6.94. The molecule has 0 aliphatic rings. The average molecular weight is 887 g/mol. The number of furan rings is 2. The Morgan fingerprint density at radius 1 is 0.304 bits per heavy atom. The number of hydrogen-bond donors (Lipinski definition) is 0. The van der Waals surface area contributed by atoms with Crippen LogP contribution in [0.3, 0.4) is 0 Å². The number of fused-ring (bicyclic) bond motifs is 9. The summed E-state index contributed by atoms with van der Waals surface area (Å²) in [4.78, 5) is 4.77. The highest BCUT2D eigenvalue weighted by Gasteiger charge is 2.23. The molecule has 0 amide bonds. The third-order valence-electron chi connectivity index (χ3n) is 13.9. The minimum atomic E-state index is 0.767. The Labute approximate surface area is 400 Å². The maximum atomic E-state index is 6.94. The van der Waals surface area contributed by atoms with Crippen molar-refractivity contribution in [2.75, 3.05) is 9.80 Å². The third-order valence-corrected chi connectivity index (χ3v) is 13.9. The fourth-order valence-corrected chi connectivity index (χ4v) is 10.6. The van der Waals surface area contributed by atoms with Crippen LogP contribution in [0.15, 0.2) is 233 Å². The first-order valence-electron chi connectivity index (χ1n) is 23.7. The zero-order valence-corrected chi connectivity index (χ0v) is 38.6. The lowest BCUT2D eigenvalue weighted by atomic mass is 9.99. The van der Waals surface area contributed by atoms with Crippen LogP contribution in [-0.4, -0.2) is 0 Å². The standard InChI is InChI=1S/C65H46N2O2/c1-41-18-10-14-26-57(41)66(59-28-16-12-24-52(59)44-20-6-4-7-21-44)50-32-30-46-37-54-55-34-43(3)63-56-38-47-31-33-51(36-49(47)40-62(56)69-65(63)64(55)68-61(54)39-48(46)35-50)67(58-27-15-11-19-42(58)2)60-29-17-13-25-53(60)45-22-8-5-9-23-45/h4-40H,1-3H3. The lowest BCUT2D eigenvalue weighted by molar-refractivity contribution is 0.633. The van der Waals surface area contributed by atoms with Gasteiger partial charge in [0.15, 0.2) is 11.2 Å². The minimum Gasteiger partial charge on any atom is -0.452 e. The number of aryl methyl sites for hydroxylation is 3. The number of benzene rings is 11. The van der Waals surface area contributed by atoms with Crippen molar-refractivity contribution < 1.29 is 8.83 Å².